The molecule has 2 rings (SSSR count). The van der Waals surface area contributed by atoms with Crippen LogP contribution in [0.3, 0.4) is 0 Å². The standard InChI is InChI=1S/C18H28N2O/c1-5-19-16-10-8-12-20(18(21)14(4)13(2)3)17-11-7-6-9-15(16)17/h6-7,9,11,13-14,16,19H,5,8,10,12H2,1-4H3. The first-order valence-electron chi connectivity index (χ1n) is 8.20. The Bertz CT molecular complexity index is 484. The second kappa shape index (κ2) is 7.08. The first-order chi connectivity index (χ1) is 10.1. The van der Waals surface area contributed by atoms with Crippen molar-refractivity contribution in [2.24, 2.45) is 11.8 Å². The van der Waals surface area contributed by atoms with Crippen LogP contribution in [0.25, 0.3) is 0 Å². The molecular weight excluding hydrogens is 260 g/mol. The van der Waals surface area contributed by atoms with E-state index in [1.54, 1.807) is 0 Å². The first-order valence-corrected chi connectivity index (χ1v) is 8.20. The summed E-state index contributed by atoms with van der Waals surface area (Å²) in [4.78, 5) is 14.8. The topological polar surface area (TPSA) is 32.3 Å². The molecule has 21 heavy (non-hydrogen) atoms. The van der Waals surface area contributed by atoms with E-state index in [1.165, 1.54) is 5.56 Å². The Morgan fingerprint density at radius 3 is 2.71 bits per heavy atom. The maximum atomic E-state index is 12.8. The molecule has 1 aliphatic rings. The van der Waals surface area contributed by atoms with Crippen LogP contribution in [-0.4, -0.2) is 19.0 Å². The molecule has 1 N–H and O–H groups in total. The number of fused-ring (bicyclic) bond motifs is 1. The lowest BCUT2D eigenvalue weighted by Gasteiger charge is -2.28. The van der Waals surface area contributed by atoms with Crippen LogP contribution in [0.15, 0.2) is 24.3 Å². The number of anilines is 1. The van der Waals surface area contributed by atoms with Crippen LogP contribution in [0.2, 0.25) is 0 Å². The molecule has 2 atom stereocenters. The fraction of sp³-hybridized carbons (Fsp3) is 0.611. The summed E-state index contributed by atoms with van der Waals surface area (Å²) in [7, 11) is 0. The van der Waals surface area contributed by atoms with E-state index in [2.05, 4.69) is 44.3 Å². The summed E-state index contributed by atoms with van der Waals surface area (Å²) in [6.45, 7) is 10.2. The number of amides is 1. The molecule has 0 saturated carbocycles. The van der Waals surface area contributed by atoms with E-state index >= 15 is 0 Å². The Hall–Kier alpha value is -1.35. The van der Waals surface area contributed by atoms with Crippen LogP contribution < -0.4 is 10.2 Å². The first kappa shape index (κ1) is 16.0. The molecule has 116 valence electrons. The minimum Gasteiger partial charge on any atom is -0.312 e. The van der Waals surface area contributed by atoms with E-state index in [1.807, 2.05) is 17.9 Å². The number of rotatable bonds is 4. The van der Waals surface area contributed by atoms with Crippen molar-refractivity contribution in [3.63, 3.8) is 0 Å². The van der Waals surface area contributed by atoms with Crippen LogP contribution in [0.1, 0.15) is 52.1 Å². The van der Waals surface area contributed by atoms with E-state index in [9.17, 15) is 4.79 Å². The van der Waals surface area contributed by atoms with Crippen molar-refractivity contribution in [3.05, 3.63) is 29.8 Å². The van der Waals surface area contributed by atoms with Gasteiger partial charge in [0, 0.05) is 24.2 Å². The Balaban J connectivity index is 2.35. The van der Waals surface area contributed by atoms with Crippen molar-refractivity contribution in [2.45, 2.75) is 46.6 Å². The van der Waals surface area contributed by atoms with Crippen LogP contribution in [0.5, 0.6) is 0 Å². The number of para-hydroxylation sites is 1. The predicted octanol–water partition coefficient (Wildman–Crippen LogP) is 3.76. The van der Waals surface area contributed by atoms with Crippen molar-refractivity contribution in [3.8, 4) is 0 Å². The molecule has 0 aromatic heterocycles. The second-order valence-electron chi connectivity index (χ2n) is 6.33. The average molecular weight is 288 g/mol. The molecule has 1 amide bonds. The molecule has 3 heteroatoms. The number of hydrogen-bond donors (Lipinski definition) is 1. The van der Waals surface area contributed by atoms with E-state index in [0.29, 0.717) is 12.0 Å². The van der Waals surface area contributed by atoms with Gasteiger partial charge in [0.2, 0.25) is 5.91 Å². The van der Waals surface area contributed by atoms with Gasteiger partial charge in [-0.15, -0.1) is 0 Å². The number of carbonyl (C=O) groups excluding carboxylic acids is 1. The molecular formula is C18H28N2O. The van der Waals surface area contributed by atoms with Gasteiger partial charge in [-0.2, -0.15) is 0 Å². The summed E-state index contributed by atoms with van der Waals surface area (Å²) in [5, 5.41) is 3.55. The summed E-state index contributed by atoms with van der Waals surface area (Å²) in [6, 6.07) is 8.72. The average Bonchev–Trinajstić information content (AvgIpc) is 2.66. The van der Waals surface area contributed by atoms with Crippen LogP contribution >= 0.6 is 0 Å². The van der Waals surface area contributed by atoms with E-state index in [4.69, 9.17) is 0 Å². The molecule has 0 aliphatic carbocycles. The van der Waals surface area contributed by atoms with Gasteiger partial charge < -0.3 is 10.2 Å². The molecule has 2 unspecified atom stereocenters. The quantitative estimate of drug-likeness (QED) is 0.915. The highest BCUT2D eigenvalue weighted by molar-refractivity contribution is 5.96. The number of carbonyl (C=O) groups is 1. The third-order valence-corrected chi connectivity index (χ3v) is 4.58. The predicted molar refractivity (Wildman–Crippen MR) is 88.4 cm³/mol. The monoisotopic (exact) mass is 288 g/mol. The fourth-order valence-corrected chi connectivity index (χ4v) is 2.98. The molecule has 0 saturated heterocycles. The van der Waals surface area contributed by atoms with Crippen LogP contribution in [-0.2, 0) is 4.79 Å². The zero-order chi connectivity index (χ0) is 15.4. The molecule has 1 aromatic rings. The maximum Gasteiger partial charge on any atom is 0.230 e. The van der Waals surface area contributed by atoms with Crippen molar-refractivity contribution in [2.75, 3.05) is 18.0 Å². The highest BCUT2D eigenvalue weighted by atomic mass is 16.2. The molecule has 0 radical (unpaired) electrons. The number of hydrogen-bond acceptors (Lipinski definition) is 2. The smallest absolute Gasteiger partial charge is 0.230 e. The third-order valence-electron chi connectivity index (χ3n) is 4.58. The summed E-state index contributed by atoms with van der Waals surface area (Å²) < 4.78 is 0. The van der Waals surface area contributed by atoms with Gasteiger partial charge in [0.25, 0.3) is 0 Å². The summed E-state index contributed by atoms with van der Waals surface area (Å²) in [5.41, 5.74) is 2.36. The summed E-state index contributed by atoms with van der Waals surface area (Å²) in [5.74, 6) is 0.695. The van der Waals surface area contributed by atoms with E-state index < -0.39 is 0 Å². The molecule has 3 nitrogen and oxygen atoms in total. The number of nitrogens with one attached hydrogen (secondary N) is 1. The zero-order valence-corrected chi connectivity index (χ0v) is 13.7. The molecule has 0 bridgehead atoms. The lowest BCUT2D eigenvalue weighted by atomic mass is 9.96. The molecule has 1 aromatic carbocycles. The van der Waals surface area contributed by atoms with Crippen LogP contribution in [0, 0.1) is 11.8 Å². The van der Waals surface area contributed by atoms with Gasteiger partial charge in [-0.25, -0.2) is 0 Å². The van der Waals surface area contributed by atoms with Gasteiger partial charge in [-0.05, 0) is 36.9 Å². The van der Waals surface area contributed by atoms with Gasteiger partial charge in [0.1, 0.15) is 0 Å². The van der Waals surface area contributed by atoms with Gasteiger partial charge in [-0.3, -0.25) is 4.79 Å². The minimum absolute atomic E-state index is 0.0636. The van der Waals surface area contributed by atoms with Crippen molar-refractivity contribution >= 4 is 11.6 Å². The normalized spacial score (nSPS) is 20.0. The highest BCUT2D eigenvalue weighted by Crippen LogP contribution is 2.34. The molecule has 1 heterocycles. The number of nitrogens with zero attached hydrogens (tertiary/aromatic N) is 1. The Labute approximate surface area is 128 Å². The van der Waals surface area contributed by atoms with Gasteiger partial charge in [0.15, 0.2) is 0 Å². The summed E-state index contributed by atoms with van der Waals surface area (Å²) in [6.07, 6.45) is 2.13. The minimum atomic E-state index is 0.0636. The van der Waals surface area contributed by atoms with Gasteiger partial charge in [-0.1, -0.05) is 45.9 Å². The van der Waals surface area contributed by atoms with Crippen molar-refractivity contribution < 1.29 is 4.79 Å². The Kier molecular flexibility index (Phi) is 5.40. The number of benzene rings is 1. The van der Waals surface area contributed by atoms with E-state index in [-0.39, 0.29) is 11.8 Å². The largest absolute Gasteiger partial charge is 0.312 e. The van der Waals surface area contributed by atoms with Crippen molar-refractivity contribution in [1.82, 2.24) is 5.32 Å². The van der Waals surface area contributed by atoms with Crippen molar-refractivity contribution in [1.29, 1.82) is 0 Å². The lowest BCUT2D eigenvalue weighted by molar-refractivity contribution is -0.123. The highest BCUT2D eigenvalue weighted by Gasteiger charge is 2.29. The molecule has 0 spiro atoms. The lowest BCUT2D eigenvalue weighted by Crippen LogP contribution is -2.37. The van der Waals surface area contributed by atoms with Gasteiger partial charge in [0.05, 0.1) is 0 Å². The maximum absolute atomic E-state index is 12.8. The molecule has 1 aliphatic heterocycles. The zero-order valence-electron chi connectivity index (χ0n) is 13.7. The summed E-state index contributed by atoms with van der Waals surface area (Å²) >= 11 is 0. The van der Waals surface area contributed by atoms with E-state index in [0.717, 1.165) is 31.6 Å². The molecule has 0 fully saturated rings. The van der Waals surface area contributed by atoms with Gasteiger partial charge >= 0.3 is 0 Å². The second-order valence-corrected chi connectivity index (χ2v) is 6.33. The Morgan fingerprint density at radius 1 is 1.33 bits per heavy atom. The SMILES string of the molecule is CCNC1CCCN(C(=O)C(C)C(C)C)c2ccccc21. The fourth-order valence-electron chi connectivity index (χ4n) is 2.98. The van der Waals surface area contributed by atoms with Crippen LogP contribution in [0.4, 0.5) is 5.69 Å². The third kappa shape index (κ3) is 3.46. The Morgan fingerprint density at radius 2 is 2.05 bits per heavy atom.